The molecule has 1 aromatic carbocycles. The molecule has 13 heavy (non-hydrogen) atoms. The Morgan fingerprint density at radius 2 is 1.92 bits per heavy atom. The Morgan fingerprint density at radius 3 is 2.54 bits per heavy atom. The maximum atomic E-state index is 9.06. The lowest BCUT2D eigenvalue weighted by atomic mass is 10.2. The third-order valence-electron chi connectivity index (χ3n) is 1.85. The lowest BCUT2D eigenvalue weighted by Gasteiger charge is -2.00. The van der Waals surface area contributed by atoms with Crippen LogP contribution in [0, 0.1) is 0 Å². The van der Waals surface area contributed by atoms with Gasteiger partial charge in [0.1, 0.15) is 5.75 Å². The van der Waals surface area contributed by atoms with Crippen molar-refractivity contribution in [2.75, 3.05) is 5.75 Å². The van der Waals surface area contributed by atoms with Crippen molar-refractivity contribution in [1.29, 1.82) is 0 Å². The van der Waals surface area contributed by atoms with E-state index in [1.807, 2.05) is 23.9 Å². The van der Waals surface area contributed by atoms with Crippen molar-refractivity contribution < 1.29 is 5.11 Å². The average Bonchev–Trinajstić information content (AvgIpc) is 2.15. The van der Waals surface area contributed by atoms with Gasteiger partial charge in [0.2, 0.25) is 0 Å². The number of hydrogen-bond donors (Lipinski definition) is 1. The van der Waals surface area contributed by atoms with Crippen LogP contribution >= 0.6 is 11.8 Å². The summed E-state index contributed by atoms with van der Waals surface area (Å²) >= 11 is 1.96. The molecule has 0 spiro atoms. The van der Waals surface area contributed by atoms with E-state index in [0.717, 1.165) is 5.75 Å². The second kappa shape index (κ2) is 5.92. The number of thioether (sulfide) groups is 1. The number of phenolic OH excluding ortho intramolecular Hbond substituents is 1. The largest absolute Gasteiger partial charge is 0.508 e. The van der Waals surface area contributed by atoms with Crippen LogP contribution in [-0.4, -0.2) is 10.9 Å². The summed E-state index contributed by atoms with van der Waals surface area (Å²) in [5, 5.41) is 9.06. The van der Waals surface area contributed by atoms with Gasteiger partial charge in [0, 0.05) is 5.75 Å². The Labute approximate surface area is 84.2 Å². The predicted octanol–water partition coefficient (Wildman–Crippen LogP) is 3.43. The summed E-state index contributed by atoms with van der Waals surface area (Å²) in [5.74, 6) is 2.64. The van der Waals surface area contributed by atoms with Crippen LogP contribution in [0.25, 0.3) is 0 Å². The molecule has 72 valence electrons. The molecule has 1 nitrogen and oxygen atoms in total. The molecule has 0 aliphatic heterocycles. The number of unbranched alkanes of at least 4 members (excludes halogenated alkanes) is 1. The van der Waals surface area contributed by atoms with Crippen LogP contribution < -0.4 is 0 Å². The summed E-state index contributed by atoms with van der Waals surface area (Å²) in [6.07, 6.45) is 2.56. The molecule has 0 radical (unpaired) electrons. The fourth-order valence-electron chi connectivity index (χ4n) is 1.03. The number of aromatic hydroxyl groups is 1. The average molecular weight is 196 g/mol. The first-order valence-corrected chi connectivity index (χ1v) is 5.84. The van der Waals surface area contributed by atoms with Crippen molar-refractivity contribution in [3.05, 3.63) is 29.8 Å². The lowest BCUT2D eigenvalue weighted by molar-refractivity contribution is 0.475. The molecule has 2 heteroatoms. The zero-order valence-electron chi connectivity index (χ0n) is 7.99. The van der Waals surface area contributed by atoms with E-state index in [4.69, 9.17) is 5.11 Å². The molecule has 1 aromatic rings. The molecular weight excluding hydrogens is 180 g/mol. The van der Waals surface area contributed by atoms with E-state index in [1.165, 1.54) is 24.2 Å². The molecule has 0 unspecified atom stereocenters. The third kappa shape index (κ3) is 4.23. The van der Waals surface area contributed by atoms with Crippen LogP contribution in [0.15, 0.2) is 24.3 Å². The number of phenols is 1. The Morgan fingerprint density at radius 1 is 1.23 bits per heavy atom. The van der Waals surface area contributed by atoms with Crippen molar-refractivity contribution in [2.45, 2.75) is 25.5 Å². The van der Waals surface area contributed by atoms with Gasteiger partial charge in [0.25, 0.3) is 0 Å². The van der Waals surface area contributed by atoms with Gasteiger partial charge in [0.05, 0.1) is 0 Å². The van der Waals surface area contributed by atoms with Gasteiger partial charge >= 0.3 is 0 Å². The van der Waals surface area contributed by atoms with Crippen LogP contribution in [0.5, 0.6) is 5.75 Å². The minimum atomic E-state index is 0.349. The smallest absolute Gasteiger partial charge is 0.115 e. The van der Waals surface area contributed by atoms with Crippen LogP contribution in [0.4, 0.5) is 0 Å². The molecule has 0 aromatic heterocycles. The van der Waals surface area contributed by atoms with E-state index < -0.39 is 0 Å². The minimum absolute atomic E-state index is 0.349. The first-order chi connectivity index (χ1) is 6.33. The molecule has 0 saturated heterocycles. The summed E-state index contributed by atoms with van der Waals surface area (Å²) in [6.45, 7) is 2.21. The van der Waals surface area contributed by atoms with Crippen molar-refractivity contribution >= 4 is 11.8 Å². The van der Waals surface area contributed by atoms with Gasteiger partial charge in [-0.1, -0.05) is 25.5 Å². The minimum Gasteiger partial charge on any atom is -0.508 e. The molecule has 0 aliphatic carbocycles. The normalized spacial score (nSPS) is 10.2. The summed E-state index contributed by atoms with van der Waals surface area (Å²) in [6, 6.07) is 7.45. The fourth-order valence-corrected chi connectivity index (χ4v) is 2.09. The van der Waals surface area contributed by atoms with Crippen LogP contribution in [0.2, 0.25) is 0 Å². The van der Waals surface area contributed by atoms with Gasteiger partial charge in [0.15, 0.2) is 0 Å². The van der Waals surface area contributed by atoms with E-state index in [0.29, 0.717) is 5.75 Å². The lowest BCUT2D eigenvalue weighted by Crippen LogP contribution is -1.82. The molecule has 0 aliphatic rings. The highest BCUT2D eigenvalue weighted by Crippen LogP contribution is 2.16. The van der Waals surface area contributed by atoms with Crippen molar-refractivity contribution in [3.63, 3.8) is 0 Å². The maximum absolute atomic E-state index is 9.06. The molecule has 1 N–H and O–H groups in total. The van der Waals surface area contributed by atoms with Crippen LogP contribution in [-0.2, 0) is 5.75 Å². The zero-order valence-corrected chi connectivity index (χ0v) is 8.81. The fraction of sp³-hybridized carbons (Fsp3) is 0.455. The van der Waals surface area contributed by atoms with Gasteiger partial charge in [-0.2, -0.15) is 11.8 Å². The van der Waals surface area contributed by atoms with Crippen molar-refractivity contribution in [2.24, 2.45) is 0 Å². The Bertz CT molecular complexity index is 230. The standard InChI is InChI=1S/C11H16OS/c1-2-3-8-13-9-10-4-6-11(12)7-5-10/h4-7,12H,2-3,8-9H2,1H3. The summed E-state index contributed by atoms with van der Waals surface area (Å²) in [5.41, 5.74) is 1.29. The predicted molar refractivity (Wildman–Crippen MR) is 59.2 cm³/mol. The number of benzene rings is 1. The summed E-state index contributed by atoms with van der Waals surface area (Å²) in [7, 11) is 0. The van der Waals surface area contributed by atoms with Gasteiger partial charge in [-0.05, 0) is 29.9 Å². The molecule has 0 fully saturated rings. The molecule has 0 bridgehead atoms. The Kier molecular flexibility index (Phi) is 4.76. The van der Waals surface area contributed by atoms with Gasteiger partial charge < -0.3 is 5.11 Å². The van der Waals surface area contributed by atoms with Gasteiger partial charge in [-0.15, -0.1) is 0 Å². The SMILES string of the molecule is CCCCSCc1ccc(O)cc1. The zero-order chi connectivity index (χ0) is 9.52. The first-order valence-electron chi connectivity index (χ1n) is 4.68. The molecule has 0 atom stereocenters. The van der Waals surface area contributed by atoms with E-state index >= 15 is 0 Å². The van der Waals surface area contributed by atoms with E-state index in [2.05, 4.69) is 6.92 Å². The second-order valence-electron chi connectivity index (χ2n) is 3.07. The van der Waals surface area contributed by atoms with Crippen LogP contribution in [0.3, 0.4) is 0 Å². The van der Waals surface area contributed by atoms with Gasteiger partial charge in [-0.25, -0.2) is 0 Å². The number of rotatable bonds is 5. The second-order valence-corrected chi connectivity index (χ2v) is 4.18. The molecule has 0 saturated carbocycles. The van der Waals surface area contributed by atoms with Crippen LogP contribution in [0.1, 0.15) is 25.3 Å². The Hall–Kier alpha value is -0.630. The molecular formula is C11H16OS. The molecule has 0 heterocycles. The highest BCUT2D eigenvalue weighted by atomic mass is 32.2. The highest BCUT2D eigenvalue weighted by Gasteiger charge is 1.93. The summed E-state index contributed by atoms with van der Waals surface area (Å²) < 4.78 is 0. The third-order valence-corrected chi connectivity index (χ3v) is 2.96. The molecule has 0 amide bonds. The van der Waals surface area contributed by atoms with E-state index in [9.17, 15) is 0 Å². The van der Waals surface area contributed by atoms with E-state index in [-0.39, 0.29) is 0 Å². The van der Waals surface area contributed by atoms with E-state index in [1.54, 1.807) is 12.1 Å². The molecule has 1 rings (SSSR count). The quantitative estimate of drug-likeness (QED) is 0.728. The maximum Gasteiger partial charge on any atom is 0.115 e. The topological polar surface area (TPSA) is 20.2 Å². The highest BCUT2D eigenvalue weighted by molar-refractivity contribution is 7.98. The van der Waals surface area contributed by atoms with Gasteiger partial charge in [-0.3, -0.25) is 0 Å². The summed E-state index contributed by atoms with van der Waals surface area (Å²) in [4.78, 5) is 0. The number of hydrogen-bond acceptors (Lipinski definition) is 2. The Balaban J connectivity index is 2.25. The first kappa shape index (κ1) is 10.5. The monoisotopic (exact) mass is 196 g/mol. The van der Waals surface area contributed by atoms with Crippen molar-refractivity contribution in [3.8, 4) is 5.75 Å². The van der Waals surface area contributed by atoms with Crippen molar-refractivity contribution in [1.82, 2.24) is 0 Å².